The van der Waals surface area contributed by atoms with Crippen LogP contribution < -0.4 is 29.6 Å². The normalized spacial score (nSPS) is 0. The summed E-state index contributed by atoms with van der Waals surface area (Å²) in [6.45, 7) is 0. The van der Waals surface area contributed by atoms with E-state index in [-0.39, 0.29) is 171 Å². The van der Waals surface area contributed by atoms with E-state index in [4.69, 9.17) is 0 Å². The molecule has 0 aromatic carbocycles. The number of rotatable bonds is 0. The summed E-state index contributed by atoms with van der Waals surface area (Å²) in [6.07, 6.45) is 0. The Morgan fingerprint density at radius 2 is 0.385 bits per heavy atom. The van der Waals surface area contributed by atoms with E-state index in [2.05, 4.69) is 0 Å². The fourth-order valence-corrected chi connectivity index (χ4v) is 0. The SMILES string of the molecule is O.O.O.O.O.O.O.O.[BiH3].[BiH3].[H-].[Na+].[Ti].[Ti]. The van der Waals surface area contributed by atoms with Crippen molar-refractivity contribution in [1.29, 1.82) is 0 Å². The summed E-state index contributed by atoms with van der Waals surface area (Å²) in [6, 6.07) is 0. The topological polar surface area (TPSA) is 252 Å². The minimum Gasteiger partial charge on any atom is -1.00 e. The van der Waals surface area contributed by atoms with Gasteiger partial charge in [-0.2, -0.15) is 0 Å². The van der Waals surface area contributed by atoms with Gasteiger partial charge in [0.1, 0.15) is 0 Å². The molecule has 0 aliphatic rings. The monoisotopic (exact) mass is 688 g/mol. The predicted molar refractivity (Wildman–Crippen MR) is 49.9 cm³/mol. The van der Waals surface area contributed by atoms with Crippen LogP contribution in [0.25, 0.3) is 0 Å². The summed E-state index contributed by atoms with van der Waals surface area (Å²) in [5.74, 6) is 0. The standard InChI is InChI=1S/2Bi.Na.8H2O.2Ti.7H/h;;;8*1H2;;;;;;;;;/q;;+1;;;;;;;;;;;;;;;;;-1. The first-order valence-electron chi connectivity index (χ1n) is 0. The molecule has 0 fully saturated rings. The zero-order chi connectivity index (χ0) is 0. The Bertz CT molecular complexity index is 25.3. The second-order valence-corrected chi connectivity index (χ2v) is 0. The van der Waals surface area contributed by atoms with Crippen LogP contribution in [-0.4, -0.2) is 96.2 Å². The van der Waals surface area contributed by atoms with E-state index in [1.807, 2.05) is 0 Å². The van der Waals surface area contributed by atoms with Crippen LogP contribution >= 0.6 is 0 Å². The molecule has 0 aromatic rings. The van der Waals surface area contributed by atoms with Gasteiger partial charge >= 0.3 is 82.0 Å². The quantitative estimate of drug-likeness (QED) is 0.215. The molecule has 0 heterocycles. The van der Waals surface area contributed by atoms with Crippen LogP contribution in [0.3, 0.4) is 0 Å². The first-order chi connectivity index (χ1) is 0. The summed E-state index contributed by atoms with van der Waals surface area (Å²) in [5.41, 5.74) is 0. The third kappa shape index (κ3) is 204. The molecule has 13 heavy (non-hydrogen) atoms. The van der Waals surface area contributed by atoms with Crippen LogP contribution in [0.1, 0.15) is 1.43 Å². The van der Waals surface area contributed by atoms with Gasteiger partial charge in [0.2, 0.25) is 0 Å². The maximum absolute atomic E-state index is 0. The Balaban J connectivity index is 0. The molecule has 0 bridgehead atoms. The van der Waals surface area contributed by atoms with Gasteiger partial charge in [-0.1, -0.05) is 0 Å². The Morgan fingerprint density at radius 3 is 0.385 bits per heavy atom. The van der Waals surface area contributed by atoms with Gasteiger partial charge in [0.15, 0.2) is 0 Å². The summed E-state index contributed by atoms with van der Waals surface area (Å²) < 4.78 is 0. The van der Waals surface area contributed by atoms with Gasteiger partial charge in [-0.25, -0.2) is 0 Å². The Labute approximate surface area is 168 Å². The molecule has 90 valence electrons. The summed E-state index contributed by atoms with van der Waals surface area (Å²) >= 11 is 0. The molecule has 0 radical (unpaired) electrons. The van der Waals surface area contributed by atoms with Crippen molar-refractivity contribution in [2.45, 2.75) is 0 Å². The minimum absolute atomic E-state index is 0. The minimum atomic E-state index is 0. The molecule has 0 aliphatic heterocycles. The van der Waals surface area contributed by atoms with E-state index in [1.54, 1.807) is 0 Å². The molecule has 0 rings (SSSR count). The number of hydrogen-bond acceptors (Lipinski definition) is 0. The van der Waals surface area contributed by atoms with Crippen molar-refractivity contribution < 1.29 is 118 Å². The van der Waals surface area contributed by atoms with Crippen molar-refractivity contribution in [3.63, 3.8) is 0 Å². The Morgan fingerprint density at radius 1 is 0.385 bits per heavy atom. The van der Waals surface area contributed by atoms with E-state index in [0.29, 0.717) is 0 Å². The molecule has 13 heteroatoms. The fraction of sp³-hybridized carbons (Fsp3) is 0. The maximum Gasteiger partial charge on any atom is 1.00 e. The molecular formula is H23Bi2NaO8Ti2. The zero-order valence-corrected chi connectivity index (χ0v) is 23.5. The molecule has 8 nitrogen and oxygen atoms in total. The van der Waals surface area contributed by atoms with E-state index >= 15 is 0 Å². The molecule has 0 aromatic heterocycles. The van der Waals surface area contributed by atoms with Crippen LogP contribution in [0.5, 0.6) is 0 Å². The number of hydrogen-bond donors (Lipinski definition) is 0. The third-order valence-electron chi connectivity index (χ3n) is 0. The molecule has 0 unspecified atom stereocenters. The smallest absolute Gasteiger partial charge is 1.00 e. The van der Waals surface area contributed by atoms with Gasteiger partial charge in [-0.05, 0) is 0 Å². The Hall–Kier alpha value is 3.87. The van der Waals surface area contributed by atoms with Gasteiger partial charge in [-0.3, -0.25) is 0 Å². The second kappa shape index (κ2) is 234. The first kappa shape index (κ1) is 283. The maximum atomic E-state index is 0. The van der Waals surface area contributed by atoms with E-state index in [1.165, 1.54) is 0 Å². The average Bonchev–Trinajstić information content (AvgIpc) is 0. The van der Waals surface area contributed by atoms with Crippen LogP contribution in [0.4, 0.5) is 0 Å². The summed E-state index contributed by atoms with van der Waals surface area (Å²) in [4.78, 5) is 0. The van der Waals surface area contributed by atoms with E-state index in [9.17, 15) is 0 Å². The summed E-state index contributed by atoms with van der Waals surface area (Å²) in [7, 11) is 0. The van der Waals surface area contributed by atoms with Crippen LogP contribution in [0, 0.1) is 0 Å². The predicted octanol–water partition coefficient (Wildman–Crippen LogP) is -11.9. The van der Waals surface area contributed by atoms with Crippen molar-refractivity contribution in [2.75, 3.05) is 0 Å². The van der Waals surface area contributed by atoms with Crippen molar-refractivity contribution >= 4 is 52.4 Å². The van der Waals surface area contributed by atoms with Crippen molar-refractivity contribution in [1.82, 2.24) is 0 Å². The van der Waals surface area contributed by atoms with Crippen molar-refractivity contribution in [3.8, 4) is 0 Å². The van der Waals surface area contributed by atoms with Crippen LogP contribution in [0.2, 0.25) is 0 Å². The van der Waals surface area contributed by atoms with Crippen molar-refractivity contribution in [2.24, 2.45) is 0 Å². The molecular weight excluding hydrogens is 665 g/mol. The van der Waals surface area contributed by atoms with Gasteiger partial charge in [-0.15, -0.1) is 0 Å². The average molecular weight is 688 g/mol. The molecule has 0 saturated carbocycles. The Kier molecular flexibility index (Phi) is 5100. The molecule has 0 spiro atoms. The summed E-state index contributed by atoms with van der Waals surface area (Å²) in [5, 5.41) is 0. The van der Waals surface area contributed by atoms with Gasteiger partial charge < -0.3 is 45.2 Å². The molecule has 16 N–H and O–H groups in total. The van der Waals surface area contributed by atoms with Crippen LogP contribution in [-0.2, 0) is 43.4 Å². The molecule has 0 saturated heterocycles. The van der Waals surface area contributed by atoms with Crippen molar-refractivity contribution in [3.05, 3.63) is 0 Å². The third-order valence-corrected chi connectivity index (χ3v) is 0. The van der Waals surface area contributed by atoms with Gasteiger partial charge in [0.25, 0.3) is 0 Å². The second-order valence-electron chi connectivity index (χ2n) is 0. The van der Waals surface area contributed by atoms with E-state index in [0.717, 1.165) is 0 Å². The van der Waals surface area contributed by atoms with Crippen LogP contribution in [0.15, 0.2) is 0 Å². The molecule has 0 aliphatic carbocycles. The molecule has 0 amide bonds. The first-order valence-corrected chi connectivity index (χ1v) is 0. The van der Waals surface area contributed by atoms with Gasteiger partial charge in [0, 0.05) is 43.4 Å². The van der Waals surface area contributed by atoms with Gasteiger partial charge in [0.05, 0.1) is 0 Å². The van der Waals surface area contributed by atoms with E-state index < -0.39 is 0 Å². The fourth-order valence-electron chi connectivity index (χ4n) is 0. The zero-order valence-electron chi connectivity index (χ0n) is 8.41. The molecule has 0 atom stereocenters. The largest absolute Gasteiger partial charge is 1.00 e.